The van der Waals surface area contributed by atoms with E-state index in [0.717, 1.165) is 25.1 Å². The molecule has 4 heteroatoms. The van der Waals surface area contributed by atoms with Crippen molar-refractivity contribution in [2.24, 2.45) is 0 Å². The first kappa shape index (κ1) is 10.7. The van der Waals surface area contributed by atoms with E-state index in [4.69, 9.17) is 16.3 Å². The van der Waals surface area contributed by atoms with Crippen LogP contribution in [-0.2, 0) is 11.3 Å². The Bertz CT molecular complexity index is 408. The molecule has 1 atom stereocenters. The molecule has 1 unspecified atom stereocenters. The molecule has 2 heterocycles. The van der Waals surface area contributed by atoms with E-state index in [-0.39, 0.29) is 11.7 Å². The first-order chi connectivity index (χ1) is 7.16. The van der Waals surface area contributed by atoms with Gasteiger partial charge in [0.15, 0.2) is 0 Å². The van der Waals surface area contributed by atoms with Gasteiger partial charge in [-0.2, -0.15) is 0 Å². The van der Waals surface area contributed by atoms with Gasteiger partial charge < -0.3 is 9.30 Å². The van der Waals surface area contributed by atoms with E-state index in [2.05, 4.69) is 0 Å². The standard InChI is InChI=1S/C11H14ClNO2/c1-8-5-9(12)6-11(14)13(8)7-10-3-2-4-15-10/h5-6,10H,2-4,7H2,1H3. The van der Waals surface area contributed by atoms with E-state index >= 15 is 0 Å². The van der Waals surface area contributed by atoms with Crippen molar-refractivity contribution in [3.8, 4) is 0 Å². The van der Waals surface area contributed by atoms with Crippen LogP contribution in [0.15, 0.2) is 16.9 Å². The number of hydrogen-bond acceptors (Lipinski definition) is 2. The van der Waals surface area contributed by atoms with Gasteiger partial charge >= 0.3 is 0 Å². The van der Waals surface area contributed by atoms with Crippen LogP contribution in [0.1, 0.15) is 18.5 Å². The lowest BCUT2D eigenvalue weighted by Crippen LogP contribution is -2.27. The molecule has 1 fully saturated rings. The smallest absolute Gasteiger partial charge is 0.252 e. The lowest BCUT2D eigenvalue weighted by Gasteiger charge is -2.14. The first-order valence-corrected chi connectivity index (χ1v) is 5.53. The summed E-state index contributed by atoms with van der Waals surface area (Å²) in [6, 6.07) is 3.25. The van der Waals surface area contributed by atoms with Gasteiger partial charge in [-0.25, -0.2) is 0 Å². The van der Waals surface area contributed by atoms with Crippen LogP contribution in [0.3, 0.4) is 0 Å². The van der Waals surface area contributed by atoms with Gasteiger partial charge in [-0.05, 0) is 25.8 Å². The summed E-state index contributed by atoms with van der Waals surface area (Å²) in [5, 5.41) is 0.501. The van der Waals surface area contributed by atoms with Crippen molar-refractivity contribution in [2.75, 3.05) is 6.61 Å². The summed E-state index contributed by atoms with van der Waals surface area (Å²) in [6.07, 6.45) is 2.31. The molecule has 0 spiro atoms. The average Bonchev–Trinajstić information content (AvgIpc) is 2.63. The summed E-state index contributed by atoms with van der Waals surface area (Å²) in [5.74, 6) is 0. The lowest BCUT2D eigenvalue weighted by atomic mass is 10.2. The molecule has 15 heavy (non-hydrogen) atoms. The highest BCUT2D eigenvalue weighted by molar-refractivity contribution is 6.30. The van der Waals surface area contributed by atoms with Crippen LogP contribution in [0.4, 0.5) is 0 Å². The zero-order valence-corrected chi connectivity index (χ0v) is 9.46. The minimum atomic E-state index is -0.0458. The highest BCUT2D eigenvalue weighted by Gasteiger charge is 2.17. The predicted molar refractivity (Wildman–Crippen MR) is 59.4 cm³/mol. The van der Waals surface area contributed by atoms with Crippen molar-refractivity contribution < 1.29 is 4.74 Å². The van der Waals surface area contributed by atoms with Crippen LogP contribution in [0.2, 0.25) is 5.02 Å². The number of ether oxygens (including phenoxy) is 1. The molecule has 1 aromatic heterocycles. The highest BCUT2D eigenvalue weighted by atomic mass is 35.5. The quantitative estimate of drug-likeness (QED) is 0.774. The Morgan fingerprint density at radius 1 is 1.60 bits per heavy atom. The molecule has 0 N–H and O–H groups in total. The second-order valence-electron chi connectivity index (χ2n) is 3.90. The normalized spacial score (nSPS) is 20.8. The summed E-state index contributed by atoms with van der Waals surface area (Å²) < 4.78 is 7.23. The number of nitrogens with zero attached hydrogens (tertiary/aromatic N) is 1. The molecular formula is C11H14ClNO2. The Morgan fingerprint density at radius 3 is 3.00 bits per heavy atom. The molecule has 2 rings (SSSR count). The van der Waals surface area contributed by atoms with Crippen LogP contribution in [0.25, 0.3) is 0 Å². The van der Waals surface area contributed by atoms with Crippen LogP contribution in [0, 0.1) is 6.92 Å². The van der Waals surface area contributed by atoms with E-state index in [1.54, 1.807) is 10.6 Å². The zero-order chi connectivity index (χ0) is 10.8. The molecule has 0 aliphatic carbocycles. The number of aromatic nitrogens is 1. The van der Waals surface area contributed by atoms with Gasteiger partial charge in [0.2, 0.25) is 0 Å². The fourth-order valence-electron chi connectivity index (χ4n) is 1.91. The Balaban J connectivity index is 2.23. The Kier molecular flexibility index (Phi) is 3.12. The van der Waals surface area contributed by atoms with Crippen molar-refractivity contribution in [1.82, 2.24) is 4.57 Å². The van der Waals surface area contributed by atoms with Gasteiger partial charge in [-0.1, -0.05) is 11.6 Å². The maximum atomic E-state index is 11.7. The number of rotatable bonds is 2. The van der Waals surface area contributed by atoms with E-state index < -0.39 is 0 Å². The molecule has 0 radical (unpaired) electrons. The fraction of sp³-hybridized carbons (Fsp3) is 0.545. The Labute approximate surface area is 93.6 Å². The molecule has 82 valence electrons. The molecule has 0 bridgehead atoms. The van der Waals surface area contributed by atoms with Gasteiger partial charge in [-0.15, -0.1) is 0 Å². The molecule has 1 aliphatic rings. The molecule has 0 aromatic carbocycles. The molecule has 0 saturated carbocycles. The van der Waals surface area contributed by atoms with Crippen molar-refractivity contribution in [2.45, 2.75) is 32.4 Å². The first-order valence-electron chi connectivity index (χ1n) is 5.15. The third-order valence-corrected chi connectivity index (χ3v) is 2.93. The van der Waals surface area contributed by atoms with Gasteiger partial charge in [0.1, 0.15) is 0 Å². The van der Waals surface area contributed by atoms with Crippen molar-refractivity contribution in [3.63, 3.8) is 0 Å². The maximum absolute atomic E-state index is 11.7. The Morgan fingerprint density at radius 2 is 2.40 bits per heavy atom. The van der Waals surface area contributed by atoms with E-state index in [0.29, 0.717) is 11.6 Å². The van der Waals surface area contributed by atoms with Crippen LogP contribution in [0.5, 0.6) is 0 Å². The monoisotopic (exact) mass is 227 g/mol. The summed E-state index contributed by atoms with van der Waals surface area (Å²) in [4.78, 5) is 11.7. The second-order valence-corrected chi connectivity index (χ2v) is 4.34. The van der Waals surface area contributed by atoms with Gasteiger partial charge in [0.05, 0.1) is 12.6 Å². The molecule has 1 aromatic rings. The SMILES string of the molecule is Cc1cc(Cl)cc(=O)n1CC1CCCO1. The summed E-state index contributed by atoms with van der Waals surface area (Å²) in [6.45, 7) is 3.34. The third kappa shape index (κ3) is 2.41. The molecule has 1 saturated heterocycles. The minimum absolute atomic E-state index is 0.0458. The number of hydrogen-bond donors (Lipinski definition) is 0. The molecule has 3 nitrogen and oxygen atoms in total. The predicted octanol–water partition coefficient (Wildman–Crippen LogP) is 1.99. The van der Waals surface area contributed by atoms with E-state index in [1.807, 2.05) is 6.92 Å². The van der Waals surface area contributed by atoms with Gasteiger partial charge in [0, 0.05) is 23.4 Å². The van der Waals surface area contributed by atoms with Crippen LogP contribution >= 0.6 is 11.6 Å². The second kappa shape index (κ2) is 4.37. The summed E-state index contributed by atoms with van der Waals surface area (Å²) in [5.41, 5.74) is 0.846. The minimum Gasteiger partial charge on any atom is -0.376 e. The lowest BCUT2D eigenvalue weighted by molar-refractivity contribution is 0.0956. The van der Waals surface area contributed by atoms with Crippen molar-refractivity contribution in [3.05, 3.63) is 33.2 Å². The average molecular weight is 228 g/mol. The third-order valence-electron chi connectivity index (χ3n) is 2.71. The molecule has 0 amide bonds. The molecule has 1 aliphatic heterocycles. The van der Waals surface area contributed by atoms with Crippen LogP contribution < -0.4 is 5.56 Å². The van der Waals surface area contributed by atoms with E-state index in [1.165, 1.54) is 6.07 Å². The number of halogens is 1. The Hall–Kier alpha value is -0.800. The van der Waals surface area contributed by atoms with Crippen molar-refractivity contribution >= 4 is 11.6 Å². The van der Waals surface area contributed by atoms with Gasteiger partial charge in [-0.3, -0.25) is 4.79 Å². The van der Waals surface area contributed by atoms with Crippen LogP contribution in [-0.4, -0.2) is 17.3 Å². The number of aryl methyl sites for hydroxylation is 1. The summed E-state index contributed by atoms with van der Waals surface area (Å²) in [7, 11) is 0. The van der Waals surface area contributed by atoms with E-state index in [9.17, 15) is 4.79 Å². The van der Waals surface area contributed by atoms with Crippen molar-refractivity contribution in [1.29, 1.82) is 0 Å². The largest absolute Gasteiger partial charge is 0.376 e. The number of pyridine rings is 1. The zero-order valence-electron chi connectivity index (χ0n) is 8.70. The van der Waals surface area contributed by atoms with Gasteiger partial charge in [0.25, 0.3) is 5.56 Å². The fourth-order valence-corrected chi connectivity index (χ4v) is 2.17. The maximum Gasteiger partial charge on any atom is 0.252 e. The summed E-state index contributed by atoms with van der Waals surface area (Å²) >= 11 is 5.79. The highest BCUT2D eigenvalue weighted by Crippen LogP contribution is 2.15. The topological polar surface area (TPSA) is 31.2 Å². The molecular weight excluding hydrogens is 214 g/mol.